The van der Waals surface area contributed by atoms with Gasteiger partial charge in [-0.25, -0.2) is 9.97 Å². The highest BCUT2D eigenvalue weighted by Crippen LogP contribution is 2.13. The van der Waals surface area contributed by atoms with Gasteiger partial charge in [-0.1, -0.05) is 15.9 Å². The molecule has 1 rings (SSSR count). The summed E-state index contributed by atoms with van der Waals surface area (Å²) < 4.78 is 0.601. The summed E-state index contributed by atoms with van der Waals surface area (Å²) >= 11 is 6.42. The van der Waals surface area contributed by atoms with Crippen molar-refractivity contribution >= 4 is 37.7 Å². The molecule has 0 amide bonds. The number of halogens is 2. The van der Waals surface area contributed by atoms with E-state index in [1.807, 2.05) is 0 Å². The highest BCUT2D eigenvalue weighted by Gasteiger charge is 1.98. The lowest BCUT2D eigenvalue weighted by atomic mass is 10.5. The van der Waals surface area contributed by atoms with Crippen LogP contribution in [0.1, 0.15) is 5.69 Å². The Morgan fingerprint density at radius 1 is 1.60 bits per heavy atom. The highest BCUT2D eigenvalue weighted by atomic mass is 79.9. The maximum Gasteiger partial charge on any atom is 0.156 e. The van der Waals surface area contributed by atoms with E-state index in [0.717, 1.165) is 5.69 Å². The fourth-order valence-electron chi connectivity index (χ4n) is 0.474. The Bertz CT molecular complexity index is 238. The maximum atomic E-state index is 5.41. The monoisotopic (exact) mass is 265 g/mol. The number of alkyl halides is 1. The topological polar surface area (TPSA) is 51.8 Å². The summed E-state index contributed by atoms with van der Waals surface area (Å²) in [4.78, 5) is 7.96. The molecule has 0 bridgehead atoms. The van der Waals surface area contributed by atoms with E-state index in [0.29, 0.717) is 15.8 Å². The summed E-state index contributed by atoms with van der Waals surface area (Å²) in [6.45, 7) is 0. The first kappa shape index (κ1) is 7.94. The van der Waals surface area contributed by atoms with Crippen LogP contribution in [0.15, 0.2) is 10.8 Å². The third kappa shape index (κ3) is 1.67. The first-order valence-electron chi connectivity index (χ1n) is 2.57. The van der Waals surface area contributed by atoms with Gasteiger partial charge in [-0.15, -0.1) is 0 Å². The second-order valence-electron chi connectivity index (χ2n) is 1.67. The standard InChI is InChI=1S/C5H5Br2N3/c6-1-3-2-9-5(8)4(7)10-3/h2H,1H2,(H2,8,9). The molecule has 0 radical (unpaired) electrons. The largest absolute Gasteiger partial charge is 0.381 e. The van der Waals surface area contributed by atoms with Crippen LogP contribution in [0.25, 0.3) is 0 Å². The van der Waals surface area contributed by atoms with Crippen LogP contribution in [0.5, 0.6) is 0 Å². The molecule has 3 nitrogen and oxygen atoms in total. The Morgan fingerprint density at radius 3 is 2.80 bits per heavy atom. The summed E-state index contributed by atoms with van der Waals surface area (Å²) in [7, 11) is 0. The summed E-state index contributed by atoms with van der Waals surface area (Å²) in [6.07, 6.45) is 1.63. The molecule has 0 spiro atoms. The van der Waals surface area contributed by atoms with Gasteiger partial charge in [0.25, 0.3) is 0 Å². The van der Waals surface area contributed by atoms with Gasteiger partial charge < -0.3 is 5.73 Å². The van der Waals surface area contributed by atoms with Gasteiger partial charge in [0, 0.05) is 5.33 Å². The molecule has 1 aromatic heterocycles. The lowest BCUT2D eigenvalue weighted by molar-refractivity contribution is 1.09. The summed E-state index contributed by atoms with van der Waals surface area (Å²) in [5.74, 6) is 0.421. The van der Waals surface area contributed by atoms with Gasteiger partial charge in [-0.3, -0.25) is 0 Å². The molecule has 0 unspecified atom stereocenters. The zero-order valence-corrected chi connectivity index (χ0v) is 8.18. The second-order valence-corrected chi connectivity index (χ2v) is 2.98. The minimum absolute atomic E-state index is 0.421. The lowest BCUT2D eigenvalue weighted by Crippen LogP contribution is -1.96. The average Bonchev–Trinajstić information content (AvgIpc) is 1.95. The molecule has 2 N–H and O–H groups in total. The first-order chi connectivity index (χ1) is 4.74. The van der Waals surface area contributed by atoms with Crippen molar-refractivity contribution in [3.8, 4) is 0 Å². The van der Waals surface area contributed by atoms with Gasteiger partial charge in [0.15, 0.2) is 5.82 Å². The van der Waals surface area contributed by atoms with Crippen molar-refractivity contribution in [1.29, 1.82) is 0 Å². The smallest absolute Gasteiger partial charge is 0.156 e. The maximum absolute atomic E-state index is 5.41. The van der Waals surface area contributed by atoms with Crippen molar-refractivity contribution in [2.45, 2.75) is 5.33 Å². The van der Waals surface area contributed by atoms with Crippen molar-refractivity contribution < 1.29 is 0 Å². The third-order valence-corrected chi connectivity index (χ3v) is 2.10. The number of hydrogen-bond acceptors (Lipinski definition) is 3. The molecule has 0 fully saturated rings. The van der Waals surface area contributed by atoms with Crippen LogP contribution in [0.3, 0.4) is 0 Å². The molecule has 0 aromatic carbocycles. The van der Waals surface area contributed by atoms with Crippen LogP contribution >= 0.6 is 31.9 Å². The predicted octanol–water partition coefficient (Wildman–Crippen LogP) is 1.72. The number of rotatable bonds is 1. The fraction of sp³-hybridized carbons (Fsp3) is 0.200. The lowest BCUT2D eigenvalue weighted by Gasteiger charge is -1.96. The molecule has 0 aliphatic rings. The van der Waals surface area contributed by atoms with Crippen LogP contribution in [0.4, 0.5) is 5.82 Å². The van der Waals surface area contributed by atoms with Crippen LogP contribution in [0.2, 0.25) is 0 Å². The number of nitrogens with two attached hydrogens (primary N) is 1. The summed E-state index contributed by atoms with van der Waals surface area (Å²) in [5, 5.41) is 0.693. The fourth-order valence-corrected chi connectivity index (χ4v) is 1.07. The van der Waals surface area contributed by atoms with Crippen molar-refractivity contribution in [3.63, 3.8) is 0 Å². The molecular weight excluding hydrogens is 262 g/mol. The summed E-state index contributed by atoms with van der Waals surface area (Å²) in [5.41, 5.74) is 6.27. The molecule has 0 saturated carbocycles. The Kier molecular flexibility index (Phi) is 2.62. The van der Waals surface area contributed by atoms with Gasteiger partial charge >= 0.3 is 0 Å². The van der Waals surface area contributed by atoms with Gasteiger partial charge in [0.1, 0.15) is 4.60 Å². The first-order valence-corrected chi connectivity index (χ1v) is 4.48. The van der Waals surface area contributed by atoms with Crippen molar-refractivity contribution in [3.05, 3.63) is 16.5 Å². The minimum atomic E-state index is 0.421. The van der Waals surface area contributed by atoms with E-state index in [9.17, 15) is 0 Å². The zero-order valence-electron chi connectivity index (χ0n) is 5.01. The second kappa shape index (κ2) is 3.30. The molecule has 10 heavy (non-hydrogen) atoms. The van der Waals surface area contributed by atoms with Crippen molar-refractivity contribution in [1.82, 2.24) is 9.97 Å². The molecule has 0 saturated heterocycles. The third-order valence-electron chi connectivity index (χ3n) is 0.943. The number of nitrogen functional groups attached to an aromatic ring is 1. The van der Waals surface area contributed by atoms with E-state index in [1.165, 1.54) is 0 Å². The molecular formula is C5H5Br2N3. The van der Waals surface area contributed by atoms with Crippen LogP contribution in [-0.4, -0.2) is 9.97 Å². The zero-order chi connectivity index (χ0) is 7.56. The number of hydrogen-bond donors (Lipinski definition) is 1. The predicted molar refractivity (Wildman–Crippen MR) is 46.8 cm³/mol. The minimum Gasteiger partial charge on any atom is -0.381 e. The molecule has 0 aliphatic carbocycles. The van der Waals surface area contributed by atoms with Crippen LogP contribution in [0, 0.1) is 0 Å². The number of anilines is 1. The normalized spacial score (nSPS) is 9.80. The van der Waals surface area contributed by atoms with Crippen LogP contribution < -0.4 is 5.73 Å². The Labute approximate surface area is 75.3 Å². The van der Waals surface area contributed by atoms with Gasteiger partial charge in [-0.05, 0) is 15.9 Å². The van der Waals surface area contributed by atoms with Gasteiger partial charge in [-0.2, -0.15) is 0 Å². The molecule has 5 heteroatoms. The van der Waals surface area contributed by atoms with E-state index in [4.69, 9.17) is 5.73 Å². The van der Waals surface area contributed by atoms with Gasteiger partial charge in [0.05, 0.1) is 11.9 Å². The number of aromatic nitrogens is 2. The Hall–Kier alpha value is -0.160. The number of nitrogens with zero attached hydrogens (tertiary/aromatic N) is 2. The van der Waals surface area contributed by atoms with E-state index < -0.39 is 0 Å². The SMILES string of the molecule is Nc1ncc(CBr)nc1Br. The van der Waals surface area contributed by atoms with E-state index in [2.05, 4.69) is 41.8 Å². The highest BCUT2D eigenvalue weighted by molar-refractivity contribution is 9.10. The van der Waals surface area contributed by atoms with E-state index in [-0.39, 0.29) is 0 Å². The summed E-state index contributed by atoms with van der Waals surface area (Å²) in [6, 6.07) is 0. The average molecular weight is 267 g/mol. The molecule has 0 aliphatic heterocycles. The van der Waals surface area contributed by atoms with Crippen molar-refractivity contribution in [2.24, 2.45) is 0 Å². The molecule has 1 aromatic rings. The van der Waals surface area contributed by atoms with Crippen molar-refractivity contribution in [2.75, 3.05) is 5.73 Å². The van der Waals surface area contributed by atoms with Crippen LogP contribution in [-0.2, 0) is 5.33 Å². The molecule has 1 heterocycles. The van der Waals surface area contributed by atoms with E-state index >= 15 is 0 Å². The Balaban J connectivity index is 3.04. The Morgan fingerprint density at radius 2 is 2.30 bits per heavy atom. The molecule has 0 atom stereocenters. The quantitative estimate of drug-likeness (QED) is 0.788. The molecule has 54 valence electrons. The van der Waals surface area contributed by atoms with E-state index in [1.54, 1.807) is 6.20 Å². The van der Waals surface area contributed by atoms with Gasteiger partial charge in [0.2, 0.25) is 0 Å².